The van der Waals surface area contributed by atoms with Crippen molar-refractivity contribution in [2.45, 2.75) is 31.5 Å². The number of fused-ring (bicyclic) bond motifs is 2. The molecule has 0 radical (unpaired) electrons. The number of rotatable bonds is 3. The highest BCUT2D eigenvalue weighted by atomic mass is 16.6. The van der Waals surface area contributed by atoms with Gasteiger partial charge < -0.3 is 14.4 Å². The van der Waals surface area contributed by atoms with E-state index in [1.54, 1.807) is 12.4 Å². The van der Waals surface area contributed by atoms with Gasteiger partial charge in [-0.25, -0.2) is 0 Å². The molecule has 1 aromatic carbocycles. The molecule has 5 rings (SSSR count). The summed E-state index contributed by atoms with van der Waals surface area (Å²) < 4.78 is 12.0. The van der Waals surface area contributed by atoms with E-state index in [9.17, 15) is 4.79 Å². The third-order valence-electron chi connectivity index (χ3n) is 5.69. The van der Waals surface area contributed by atoms with Crippen LogP contribution < -0.4 is 9.47 Å². The van der Waals surface area contributed by atoms with Gasteiger partial charge in [-0.1, -0.05) is 12.1 Å². The number of ether oxygens (including phenoxy) is 2. The quantitative estimate of drug-likeness (QED) is 0.836. The van der Waals surface area contributed by atoms with Gasteiger partial charge in [0.15, 0.2) is 11.5 Å². The first-order valence-corrected chi connectivity index (χ1v) is 9.62. The molecule has 2 aromatic rings. The van der Waals surface area contributed by atoms with Gasteiger partial charge in [-0.3, -0.25) is 14.7 Å². The molecule has 1 aromatic heterocycles. The number of amides is 1. The van der Waals surface area contributed by atoms with E-state index in [4.69, 9.17) is 9.47 Å². The van der Waals surface area contributed by atoms with E-state index < -0.39 is 0 Å². The summed E-state index contributed by atoms with van der Waals surface area (Å²) in [4.78, 5) is 21.3. The Bertz CT molecular complexity index is 856. The predicted octanol–water partition coefficient (Wildman–Crippen LogP) is 2.34. The number of benzene rings is 1. The third-order valence-corrected chi connectivity index (χ3v) is 5.69. The lowest BCUT2D eigenvalue weighted by Crippen LogP contribution is -2.51. The van der Waals surface area contributed by atoms with E-state index in [1.165, 1.54) is 0 Å². The van der Waals surface area contributed by atoms with Gasteiger partial charge in [-0.05, 0) is 43.1 Å². The summed E-state index contributed by atoms with van der Waals surface area (Å²) in [5.41, 5.74) is 1.85. The lowest BCUT2D eigenvalue weighted by molar-refractivity contribution is 0.0306. The highest BCUT2D eigenvalue weighted by molar-refractivity contribution is 5.98. The number of piperidine rings is 1. The number of aromatic nitrogens is 1. The standard InChI is InChI=1S/C21H23N3O3/c25-21-18-10-22-8-7-15(18)11-24(21)16-4-3-9-23(12-16)13-17-14-26-19-5-1-2-6-20(19)27-17/h1-2,5-8,10,16-17H,3-4,9,11-14H2. The number of pyridine rings is 1. The van der Waals surface area contributed by atoms with Crippen molar-refractivity contribution in [3.63, 3.8) is 0 Å². The summed E-state index contributed by atoms with van der Waals surface area (Å²) in [6.07, 6.45) is 5.63. The molecule has 0 aliphatic carbocycles. The van der Waals surface area contributed by atoms with Crippen LogP contribution in [0.1, 0.15) is 28.8 Å². The monoisotopic (exact) mass is 365 g/mol. The van der Waals surface area contributed by atoms with Crippen LogP contribution >= 0.6 is 0 Å². The lowest BCUT2D eigenvalue weighted by Gasteiger charge is -2.39. The molecule has 0 spiro atoms. The van der Waals surface area contributed by atoms with E-state index in [0.717, 1.165) is 55.1 Å². The minimum atomic E-state index is 0.0225. The Morgan fingerprint density at radius 2 is 2.07 bits per heavy atom. The smallest absolute Gasteiger partial charge is 0.256 e. The summed E-state index contributed by atoms with van der Waals surface area (Å²) in [6.45, 7) is 4.01. The van der Waals surface area contributed by atoms with Crippen LogP contribution in [0, 0.1) is 0 Å². The second kappa shape index (κ2) is 6.85. The van der Waals surface area contributed by atoms with Crippen molar-refractivity contribution >= 4 is 5.91 Å². The van der Waals surface area contributed by atoms with Crippen molar-refractivity contribution in [2.75, 3.05) is 26.2 Å². The number of hydrogen-bond donors (Lipinski definition) is 0. The van der Waals surface area contributed by atoms with Crippen molar-refractivity contribution in [1.29, 1.82) is 0 Å². The summed E-state index contributed by atoms with van der Waals surface area (Å²) in [6, 6.07) is 10.0. The minimum absolute atomic E-state index is 0.0225. The normalized spacial score (nSPS) is 24.7. The minimum Gasteiger partial charge on any atom is -0.486 e. The summed E-state index contributed by atoms with van der Waals surface area (Å²) in [5, 5.41) is 0. The maximum Gasteiger partial charge on any atom is 0.256 e. The Balaban J connectivity index is 1.23. The van der Waals surface area contributed by atoms with Crippen molar-refractivity contribution < 1.29 is 14.3 Å². The average molecular weight is 365 g/mol. The largest absolute Gasteiger partial charge is 0.486 e. The van der Waals surface area contributed by atoms with Crippen molar-refractivity contribution in [1.82, 2.24) is 14.8 Å². The zero-order chi connectivity index (χ0) is 18.2. The number of likely N-dealkylation sites (tertiary alicyclic amines) is 1. The molecule has 3 aliphatic rings. The first kappa shape index (κ1) is 16.6. The maximum absolute atomic E-state index is 12.8. The van der Waals surface area contributed by atoms with Crippen molar-refractivity contribution in [2.24, 2.45) is 0 Å². The highest BCUT2D eigenvalue weighted by Crippen LogP contribution is 2.32. The molecular weight excluding hydrogens is 342 g/mol. The molecular formula is C21H23N3O3. The van der Waals surface area contributed by atoms with Crippen LogP contribution in [0.2, 0.25) is 0 Å². The average Bonchev–Trinajstić information content (AvgIpc) is 3.05. The second-order valence-corrected chi connectivity index (χ2v) is 7.52. The molecule has 0 N–H and O–H groups in total. The fourth-order valence-corrected chi connectivity index (χ4v) is 4.35. The van der Waals surface area contributed by atoms with Gasteiger partial charge in [-0.15, -0.1) is 0 Å². The van der Waals surface area contributed by atoms with Crippen LogP contribution in [-0.4, -0.2) is 59.1 Å². The van der Waals surface area contributed by atoms with Crippen molar-refractivity contribution in [3.05, 3.63) is 53.9 Å². The molecule has 27 heavy (non-hydrogen) atoms. The van der Waals surface area contributed by atoms with Crippen LogP contribution in [0.25, 0.3) is 0 Å². The fraction of sp³-hybridized carbons (Fsp3) is 0.429. The Morgan fingerprint density at radius 1 is 1.19 bits per heavy atom. The zero-order valence-corrected chi connectivity index (χ0v) is 15.2. The van der Waals surface area contributed by atoms with Crippen LogP contribution in [0.5, 0.6) is 11.5 Å². The number of carbonyl (C=O) groups excluding carboxylic acids is 1. The Hall–Kier alpha value is -2.60. The van der Waals surface area contributed by atoms with E-state index in [1.807, 2.05) is 35.2 Å². The SMILES string of the molecule is O=C1c2cnccc2CN1C1CCCN(CC2COc3ccccc3O2)C1. The predicted molar refractivity (Wildman–Crippen MR) is 99.9 cm³/mol. The summed E-state index contributed by atoms with van der Waals surface area (Å²) >= 11 is 0. The van der Waals surface area contributed by atoms with Crippen molar-refractivity contribution in [3.8, 4) is 11.5 Å². The molecule has 1 amide bonds. The topological polar surface area (TPSA) is 54.9 Å². The molecule has 6 nitrogen and oxygen atoms in total. The molecule has 3 aliphatic heterocycles. The van der Waals surface area contributed by atoms with Crippen LogP contribution in [0.15, 0.2) is 42.7 Å². The van der Waals surface area contributed by atoms with Gasteiger partial charge in [0.25, 0.3) is 5.91 Å². The van der Waals surface area contributed by atoms with Gasteiger partial charge in [0.2, 0.25) is 0 Å². The molecule has 2 unspecified atom stereocenters. The first-order valence-electron chi connectivity index (χ1n) is 9.62. The van der Waals surface area contributed by atoms with Crippen LogP contribution in [0.4, 0.5) is 0 Å². The Morgan fingerprint density at radius 3 is 2.96 bits per heavy atom. The molecule has 1 saturated heterocycles. The second-order valence-electron chi connectivity index (χ2n) is 7.52. The lowest BCUT2D eigenvalue weighted by atomic mass is 10.0. The van der Waals surface area contributed by atoms with Gasteiger partial charge in [0.1, 0.15) is 12.7 Å². The Labute approximate surface area is 158 Å². The summed E-state index contributed by atoms with van der Waals surface area (Å²) in [5.74, 6) is 1.76. The Kier molecular flexibility index (Phi) is 4.20. The number of para-hydroxylation sites is 2. The van der Waals surface area contributed by atoms with Gasteiger partial charge >= 0.3 is 0 Å². The van der Waals surface area contributed by atoms with Gasteiger partial charge in [-0.2, -0.15) is 0 Å². The van der Waals surface area contributed by atoms with Gasteiger partial charge in [0, 0.05) is 38.1 Å². The molecule has 0 bridgehead atoms. The molecule has 1 fully saturated rings. The number of carbonyl (C=O) groups is 1. The van der Waals surface area contributed by atoms with E-state index in [2.05, 4.69) is 9.88 Å². The third kappa shape index (κ3) is 3.14. The van der Waals surface area contributed by atoms with Crippen LogP contribution in [0.3, 0.4) is 0 Å². The van der Waals surface area contributed by atoms with E-state index in [-0.39, 0.29) is 18.1 Å². The molecule has 140 valence electrons. The number of hydrogen-bond acceptors (Lipinski definition) is 5. The first-order chi connectivity index (χ1) is 13.3. The molecule has 4 heterocycles. The fourth-order valence-electron chi connectivity index (χ4n) is 4.35. The van der Waals surface area contributed by atoms with Gasteiger partial charge in [0.05, 0.1) is 5.56 Å². The molecule has 6 heteroatoms. The highest BCUT2D eigenvalue weighted by Gasteiger charge is 2.35. The van der Waals surface area contributed by atoms with Crippen LogP contribution in [-0.2, 0) is 6.54 Å². The van der Waals surface area contributed by atoms with E-state index in [0.29, 0.717) is 13.2 Å². The maximum atomic E-state index is 12.8. The number of nitrogens with zero attached hydrogens (tertiary/aromatic N) is 3. The van der Waals surface area contributed by atoms with E-state index >= 15 is 0 Å². The molecule has 0 saturated carbocycles. The molecule has 2 atom stereocenters. The zero-order valence-electron chi connectivity index (χ0n) is 15.2. The summed E-state index contributed by atoms with van der Waals surface area (Å²) in [7, 11) is 0.